The molecule has 0 spiro atoms. The quantitative estimate of drug-likeness (QED) is 0.293. The highest BCUT2D eigenvalue weighted by atomic mass is 19.1. The van der Waals surface area contributed by atoms with E-state index in [4.69, 9.17) is 14.2 Å². The zero-order valence-electron chi connectivity index (χ0n) is 25.1. The minimum Gasteiger partial charge on any atom is -0.490 e. The lowest BCUT2D eigenvalue weighted by Gasteiger charge is -2.36. The number of carbonyl (C=O) groups is 3. The monoisotopic (exact) mass is 592 g/mol. The van der Waals surface area contributed by atoms with Crippen LogP contribution in [-0.4, -0.2) is 40.6 Å². The van der Waals surface area contributed by atoms with Crippen LogP contribution in [0.1, 0.15) is 76.0 Å². The molecule has 3 aromatic rings. The molecule has 1 aromatic heterocycles. The Bertz CT molecular complexity index is 1460. The molecule has 2 aromatic carbocycles. The molecule has 4 rings (SSSR count). The first-order valence-electron chi connectivity index (χ1n) is 14.0. The molecule has 3 N–H and O–H groups in total. The molecule has 10 nitrogen and oxygen atoms in total. The molecule has 0 radical (unpaired) electrons. The molecule has 11 heteroatoms. The number of halogens is 1. The summed E-state index contributed by atoms with van der Waals surface area (Å²) in [5, 5.41) is 2.87. The van der Waals surface area contributed by atoms with Crippen LogP contribution in [0.3, 0.4) is 0 Å². The van der Waals surface area contributed by atoms with Crippen LogP contribution in [0.2, 0.25) is 0 Å². The molecule has 0 bridgehead atoms. The van der Waals surface area contributed by atoms with Gasteiger partial charge in [-0.15, -0.1) is 0 Å². The second-order valence-electron chi connectivity index (χ2n) is 12.0. The number of hydrogen-bond donors (Lipinski definition) is 3. The van der Waals surface area contributed by atoms with Crippen LogP contribution >= 0.6 is 0 Å². The summed E-state index contributed by atoms with van der Waals surface area (Å²) in [4.78, 5) is 39.3. The lowest BCUT2D eigenvalue weighted by Crippen LogP contribution is -2.50. The first-order valence-corrected chi connectivity index (χ1v) is 14.0. The zero-order chi connectivity index (χ0) is 31.4. The Balaban J connectivity index is 1.35. The van der Waals surface area contributed by atoms with Gasteiger partial charge in [-0.25, -0.2) is 14.2 Å². The van der Waals surface area contributed by atoms with E-state index >= 15 is 0 Å². The van der Waals surface area contributed by atoms with Crippen LogP contribution < -0.4 is 25.6 Å². The normalized spacial score (nSPS) is 16.3. The summed E-state index contributed by atoms with van der Waals surface area (Å²) in [5.41, 5.74) is 5.36. The van der Waals surface area contributed by atoms with Gasteiger partial charge in [0, 0.05) is 37.3 Å². The van der Waals surface area contributed by atoms with Gasteiger partial charge in [0.1, 0.15) is 29.0 Å². The van der Waals surface area contributed by atoms with Crippen LogP contribution in [0.4, 0.5) is 9.18 Å². The standard InChI is InChI=1S/C32H37FN4O6/c1-19(38)36-37-29(39)28-27(15-22(33)18-34-28)42-25-13-9-21(10-14-25)32(5,6)20-7-11-24(12-8-20)41-26-16-23(17-26)35-30(40)43-31(2,3)4/h7-15,18,23,26H,16-17H2,1-6H3,(H,35,40)(H,36,38)(H,37,39)/t23-,26-. The molecule has 0 atom stereocenters. The van der Waals surface area contributed by atoms with Crippen LogP contribution in [-0.2, 0) is 14.9 Å². The van der Waals surface area contributed by atoms with E-state index in [9.17, 15) is 18.8 Å². The highest BCUT2D eigenvalue weighted by Crippen LogP contribution is 2.35. The number of benzene rings is 2. The van der Waals surface area contributed by atoms with Gasteiger partial charge < -0.3 is 19.5 Å². The van der Waals surface area contributed by atoms with Crippen molar-refractivity contribution in [2.45, 2.75) is 77.5 Å². The molecular weight excluding hydrogens is 555 g/mol. The summed E-state index contributed by atoms with van der Waals surface area (Å²) in [7, 11) is 0. The molecule has 1 aliphatic rings. The number of ether oxygens (including phenoxy) is 3. The lowest BCUT2D eigenvalue weighted by atomic mass is 9.78. The number of nitrogens with one attached hydrogen (secondary N) is 3. The van der Waals surface area contributed by atoms with Crippen molar-refractivity contribution < 1.29 is 33.0 Å². The molecule has 1 fully saturated rings. The number of hydrazine groups is 1. The minimum atomic E-state index is -0.745. The fourth-order valence-electron chi connectivity index (χ4n) is 4.50. The number of aromatic nitrogens is 1. The van der Waals surface area contributed by atoms with Gasteiger partial charge >= 0.3 is 6.09 Å². The zero-order valence-corrected chi connectivity index (χ0v) is 25.1. The number of pyridine rings is 1. The van der Waals surface area contributed by atoms with Crippen LogP contribution in [0.15, 0.2) is 60.8 Å². The number of rotatable bonds is 8. The molecule has 0 saturated heterocycles. The number of amides is 3. The van der Waals surface area contributed by atoms with Crippen molar-refractivity contribution in [2.24, 2.45) is 0 Å². The summed E-state index contributed by atoms with van der Waals surface area (Å²) in [6, 6.07) is 16.3. The van der Waals surface area contributed by atoms with Crippen molar-refractivity contribution in [3.05, 3.63) is 83.4 Å². The summed E-state index contributed by atoms with van der Waals surface area (Å²) in [6.45, 7) is 10.9. The maximum absolute atomic E-state index is 13.9. The molecule has 1 heterocycles. The van der Waals surface area contributed by atoms with Gasteiger partial charge in [0.05, 0.1) is 6.20 Å². The van der Waals surface area contributed by atoms with Gasteiger partial charge in [0.15, 0.2) is 11.4 Å². The predicted octanol–water partition coefficient (Wildman–Crippen LogP) is 5.55. The molecule has 1 saturated carbocycles. The number of nitrogens with zero attached hydrogens (tertiary/aromatic N) is 1. The molecule has 43 heavy (non-hydrogen) atoms. The highest BCUT2D eigenvalue weighted by molar-refractivity contribution is 5.95. The van der Waals surface area contributed by atoms with E-state index in [0.717, 1.165) is 29.1 Å². The largest absolute Gasteiger partial charge is 0.490 e. The summed E-state index contributed by atoms with van der Waals surface area (Å²) >= 11 is 0. The van der Waals surface area contributed by atoms with Crippen molar-refractivity contribution >= 4 is 17.9 Å². The second-order valence-corrected chi connectivity index (χ2v) is 12.0. The van der Waals surface area contributed by atoms with Crippen molar-refractivity contribution in [1.82, 2.24) is 21.2 Å². The molecule has 0 unspecified atom stereocenters. The SMILES string of the molecule is CC(=O)NNC(=O)c1ncc(F)cc1Oc1ccc(C(C)(C)c2ccc(O[C@H]3C[C@H](NC(=O)OC(C)(C)C)C3)cc2)cc1. The van der Waals surface area contributed by atoms with Crippen molar-refractivity contribution in [2.75, 3.05) is 0 Å². The maximum Gasteiger partial charge on any atom is 0.407 e. The van der Waals surface area contributed by atoms with E-state index in [0.29, 0.717) is 18.6 Å². The first kappa shape index (κ1) is 31.3. The Morgan fingerprint density at radius 3 is 2.02 bits per heavy atom. The second kappa shape index (κ2) is 12.7. The Labute approximate surface area is 250 Å². The van der Waals surface area contributed by atoms with Gasteiger partial charge in [0.25, 0.3) is 5.91 Å². The Kier molecular flexibility index (Phi) is 9.22. The lowest BCUT2D eigenvalue weighted by molar-refractivity contribution is -0.119. The summed E-state index contributed by atoms with van der Waals surface area (Å²) in [6.07, 6.45) is 1.94. The third-order valence-electron chi connectivity index (χ3n) is 6.88. The van der Waals surface area contributed by atoms with E-state index in [-0.39, 0.29) is 29.0 Å². The molecule has 1 aliphatic carbocycles. The third kappa shape index (κ3) is 8.43. The van der Waals surface area contributed by atoms with Gasteiger partial charge in [-0.2, -0.15) is 0 Å². The Hall–Kier alpha value is -4.67. The van der Waals surface area contributed by atoms with Crippen LogP contribution in [0.5, 0.6) is 17.2 Å². The summed E-state index contributed by atoms with van der Waals surface area (Å²) in [5.74, 6) is -0.852. The highest BCUT2D eigenvalue weighted by Gasteiger charge is 2.33. The topological polar surface area (TPSA) is 128 Å². The van der Waals surface area contributed by atoms with E-state index in [1.807, 2.05) is 57.2 Å². The molecule has 228 valence electrons. The number of carbonyl (C=O) groups excluding carboxylic acids is 3. The van der Waals surface area contributed by atoms with Crippen molar-refractivity contribution in [1.29, 1.82) is 0 Å². The smallest absolute Gasteiger partial charge is 0.407 e. The van der Waals surface area contributed by atoms with E-state index < -0.39 is 29.3 Å². The van der Waals surface area contributed by atoms with Gasteiger partial charge in [-0.05, 0) is 56.2 Å². The van der Waals surface area contributed by atoms with Gasteiger partial charge in [-0.3, -0.25) is 20.4 Å². The number of hydrogen-bond acceptors (Lipinski definition) is 7. The first-order chi connectivity index (χ1) is 20.2. The third-order valence-corrected chi connectivity index (χ3v) is 6.88. The minimum absolute atomic E-state index is 0.0246. The van der Waals surface area contributed by atoms with Crippen LogP contribution in [0.25, 0.3) is 0 Å². The summed E-state index contributed by atoms with van der Waals surface area (Å²) < 4.78 is 31.1. The number of alkyl carbamates (subject to hydrolysis) is 1. The van der Waals surface area contributed by atoms with E-state index in [1.165, 1.54) is 6.92 Å². The predicted molar refractivity (Wildman–Crippen MR) is 157 cm³/mol. The van der Waals surface area contributed by atoms with Crippen LogP contribution in [0, 0.1) is 5.82 Å². The van der Waals surface area contributed by atoms with Gasteiger partial charge in [0.2, 0.25) is 5.91 Å². The fraction of sp³-hybridized carbons (Fsp3) is 0.375. The maximum atomic E-state index is 13.9. The van der Waals surface area contributed by atoms with Crippen molar-refractivity contribution in [3.8, 4) is 17.2 Å². The van der Waals surface area contributed by atoms with E-state index in [1.54, 1.807) is 12.1 Å². The fourth-order valence-corrected chi connectivity index (χ4v) is 4.50. The van der Waals surface area contributed by atoms with Gasteiger partial charge in [-0.1, -0.05) is 38.1 Å². The average molecular weight is 593 g/mol. The van der Waals surface area contributed by atoms with Crippen molar-refractivity contribution in [3.63, 3.8) is 0 Å². The molecule has 0 aliphatic heterocycles. The Morgan fingerprint density at radius 1 is 0.884 bits per heavy atom. The Morgan fingerprint density at radius 2 is 1.47 bits per heavy atom. The molecular formula is C32H37FN4O6. The average Bonchev–Trinajstić information content (AvgIpc) is 2.90. The molecule has 3 amide bonds. The van der Waals surface area contributed by atoms with E-state index in [2.05, 4.69) is 35.0 Å².